The summed E-state index contributed by atoms with van der Waals surface area (Å²) in [6, 6.07) is 17.7. The number of carbonyl (C=O) groups is 8. The van der Waals surface area contributed by atoms with Gasteiger partial charge in [0.2, 0.25) is 23.6 Å². The molecule has 0 aromatic heterocycles. The fourth-order valence-electron chi connectivity index (χ4n) is 6.38. The summed E-state index contributed by atoms with van der Waals surface area (Å²) in [7, 11) is 0. The zero-order chi connectivity index (χ0) is 48.5. The van der Waals surface area contributed by atoms with Crippen LogP contribution in [-0.2, 0) is 60.9 Å². The van der Waals surface area contributed by atoms with E-state index in [1.54, 1.807) is 41.5 Å². The molecular formula is C47H71Cl2N7O12. The molecule has 4 rings (SSSR count). The third-order valence-electron chi connectivity index (χ3n) is 9.72. The molecule has 6 amide bonds. The Kier molecular flexibility index (Phi) is 27.9. The average Bonchev–Trinajstić information content (AvgIpc) is 3.27. The number of ether oxygens (including phenoxy) is 4. The molecule has 2 fully saturated rings. The molecule has 0 aliphatic carbocycles. The van der Waals surface area contributed by atoms with Crippen LogP contribution in [-0.4, -0.2) is 134 Å². The van der Waals surface area contributed by atoms with Crippen LogP contribution in [0.3, 0.4) is 0 Å². The van der Waals surface area contributed by atoms with Crippen molar-refractivity contribution in [3.05, 3.63) is 71.8 Å². The molecule has 2 unspecified atom stereocenters. The lowest BCUT2D eigenvalue weighted by Crippen LogP contribution is -2.62. The third kappa shape index (κ3) is 25.5. The number of rotatable bonds is 18. The van der Waals surface area contributed by atoms with Gasteiger partial charge in [0, 0.05) is 58.7 Å². The first-order chi connectivity index (χ1) is 31.3. The van der Waals surface area contributed by atoms with Crippen molar-refractivity contribution < 1.29 is 57.3 Å². The molecule has 21 heteroatoms. The van der Waals surface area contributed by atoms with Crippen molar-refractivity contribution in [3.8, 4) is 0 Å². The van der Waals surface area contributed by atoms with Gasteiger partial charge in [0.1, 0.15) is 30.5 Å². The quantitative estimate of drug-likeness (QED) is 0.104. The van der Waals surface area contributed by atoms with Crippen molar-refractivity contribution in [3.63, 3.8) is 0 Å². The normalized spacial score (nSPS) is 15.5. The third-order valence-corrected chi connectivity index (χ3v) is 9.72. The van der Waals surface area contributed by atoms with E-state index >= 15 is 0 Å². The van der Waals surface area contributed by atoms with Gasteiger partial charge in [-0.1, -0.05) is 60.7 Å². The largest absolute Gasteiger partial charge is 0.461 e. The number of benzene rings is 2. The van der Waals surface area contributed by atoms with Crippen LogP contribution >= 0.6 is 24.8 Å². The SMILES string of the molecule is CC(C)(C)OC(=O)N1CCN(C(=O)OC(C)(C)C)C(C(=O)NCCC(=O)NCCC(=O)OCc2ccccc2)C1.Cl.Cl.O=C(CCNC(=O)C1CCCNC1)NCCC(=O)OCc1ccccc1. The number of hydrogen-bond donors (Lipinski definition) is 5. The molecule has 0 saturated carbocycles. The van der Waals surface area contributed by atoms with Crippen molar-refractivity contribution in [2.75, 3.05) is 58.9 Å². The van der Waals surface area contributed by atoms with Crippen LogP contribution in [0.2, 0.25) is 0 Å². The summed E-state index contributed by atoms with van der Waals surface area (Å²) >= 11 is 0. The number of carbonyl (C=O) groups excluding carboxylic acids is 8. The predicted octanol–water partition coefficient (Wildman–Crippen LogP) is 4.18. The van der Waals surface area contributed by atoms with Crippen molar-refractivity contribution in [1.82, 2.24) is 36.4 Å². The van der Waals surface area contributed by atoms with E-state index < -0.39 is 41.3 Å². The van der Waals surface area contributed by atoms with Gasteiger partial charge in [0.15, 0.2) is 0 Å². The van der Waals surface area contributed by atoms with Gasteiger partial charge in [-0.25, -0.2) is 9.59 Å². The van der Waals surface area contributed by atoms with Crippen molar-refractivity contribution >= 4 is 72.6 Å². The Balaban J connectivity index is 0.000000716. The highest BCUT2D eigenvalue weighted by atomic mass is 35.5. The average molecular weight is 997 g/mol. The minimum absolute atomic E-state index is 0. The Hall–Kier alpha value is -5.66. The van der Waals surface area contributed by atoms with E-state index in [4.69, 9.17) is 18.9 Å². The molecule has 68 heavy (non-hydrogen) atoms. The second-order valence-corrected chi connectivity index (χ2v) is 17.7. The topological polar surface area (TPSA) is 240 Å². The monoisotopic (exact) mass is 995 g/mol. The van der Waals surface area contributed by atoms with E-state index in [1.165, 1.54) is 9.80 Å². The van der Waals surface area contributed by atoms with Gasteiger partial charge in [-0.3, -0.25) is 33.7 Å². The summed E-state index contributed by atoms with van der Waals surface area (Å²) in [6.45, 7) is 13.2. The fraction of sp³-hybridized carbons (Fsp3) is 0.574. The zero-order valence-corrected chi connectivity index (χ0v) is 41.7. The summed E-state index contributed by atoms with van der Waals surface area (Å²) in [5, 5.41) is 13.9. The standard InChI is InChI=1S/C28H42N4O8.C19H27N3O4.2ClH/c1-27(2,3)39-25(36)31-16-17-32(26(37)40-28(4,5)6)21(18-31)24(35)30-14-12-22(33)29-15-13-23(34)38-19-20-10-8-7-9-11-20;23-17(8-11-22-19(25)16-7-4-10-20-13-16)21-12-9-18(24)26-14-15-5-2-1-3-6-15;;/h7-11,21H,12-19H2,1-6H3,(H,29,33)(H,30,35);1-3,5-6,16,20H,4,7-14H2,(H,21,23)(H,22,25);2*1H. The van der Waals surface area contributed by atoms with Gasteiger partial charge in [0.05, 0.1) is 25.3 Å². The number of hydrogen-bond acceptors (Lipinski definition) is 13. The molecule has 2 aliphatic rings. The first-order valence-corrected chi connectivity index (χ1v) is 22.5. The summed E-state index contributed by atoms with van der Waals surface area (Å²) in [5.74, 6) is -1.89. The molecule has 0 spiro atoms. The lowest BCUT2D eigenvalue weighted by molar-refractivity contribution is -0.145. The minimum Gasteiger partial charge on any atom is -0.461 e. The Morgan fingerprint density at radius 2 is 1.06 bits per heavy atom. The molecule has 0 bridgehead atoms. The summed E-state index contributed by atoms with van der Waals surface area (Å²) < 4.78 is 21.2. The van der Waals surface area contributed by atoms with Gasteiger partial charge >= 0.3 is 24.1 Å². The number of esters is 2. The zero-order valence-electron chi connectivity index (χ0n) is 40.1. The highest BCUT2D eigenvalue weighted by Gasteiger charge is 2.40. The summed E-state index contributed by atoms with van der Waals surface area (Å²) in [5.41, 5.74) is 0.303. The van der Waals surface area contributed by atoms with Crippen LogP contribution in [0.4, 0.5) is 9.59 Å². The van der Waals surface area contributed by atoms with Gasteiger partial charge in [-0.2, -0.15) is 0 Å². The summed E-state index contributed by atoms with van der Waals surface area (Å²) in [6.07, 6.45) is 0.917. The predicted molar refractivity (Wildman–Crippen MR) is 258 cm³/mol. The number of piperidine rings is 1. The van der Waals surface area contributed by atoms with Crippen molar-refractivity contribution in [2.45, 2.75) is 111 Å². The molecule has 19 nitrogen and oxygen atoms in total. The van der Waals surface area contributed by atoms with Gasteiger partial charge in [-0.05, 0) is 72.1 Å². The Morgan fingerprint density at radius 1 is 0.603 bits per heavy atom. The Labute approximate surface area is 412 Å². The van der Waals surface area contributed by atoms with Crippen LogP contribution < -0.4 is 26.6 Å². The van der Waals surface area contributed by atoms with E-state index in [9.17, 15) is 38.4 Å². The molecule has 2 aromatic carbocycles. The van der Waals surface area contributed by atoms with E-state index in [-0.39, 0.29) is 133 Å². The smallest absolute Gasteiger partial charge is 0.411 e. The van der Waals surface area contributed by atoms with E-state index in [2.05, 4.69) is 26.6 Å². The van der Waals surface area contributed by atoms with Crippen LogP contribution in [0.25, 0.3) is 0 Å². The lowest BCUT2D eigenvalue weighted by atomic mass is 9.99. The highest BCUT2D eigenvalue weighted by Crippen LogP contribution is 2.19. The number of nitrogens with zero attached hydrogens (tertiary/aromatic N) is 2. The Morgan fingerprint density at radius 3 is 1.51 bits per heavy atom. The first kappa shape index (κ1) is 60.4. The second-order valence-electron chi connectivity index (χ2n) is 17.7. The van der Waals surface area contributed by atoms with Crippen LogP contribution in [0, 0.1) is 5.92 Å². The van der Waals surface area contributed by atoms with E-state index in [1.807, 2.05) is 60.7 Å². The molecule has 5 N–H and O–H groups in total. The summed E-state index contributed by atoms with van der Waals surface area (Å²) in [4.78, 5) is 101. The Bertz CT molecular complexity index is 1890. The van der Waals surface area contributed by atoms with Crippen LogP contribution in [0.15, 0.2) is 60.7 Å². The van der Waals surface area contributed by atoms with Crippen LogP contribution in [0.5, 0.6) is 0 Å². The number of nitrogens with one attached hydrogen (secondary N) is 5. The molecular weight excluding hydrogens is 925 g/mol. The van der Waals surface area contributed by atoms with Gasteiger partial charge in [0.25, 0.3) is 0 Å². The molecule has 2 heterocycles. The number of piperazine rings is 1. The minimum atomic E-state index is -1.03. The van der Waals surface area contributed by atoms with Gasteiger partial charge < -0.3 is 50.4 Å². The molecule has 380 valence electrons. The highest BCUT2D eigenvalue weighted by molar-refractivity contribution is 5.88. The lowest BCUT2D eigenvalue weighted by Gasteiger charge is -2.41. The van der Waals surface area contributed by atoms with Crippen LogP contribution in [0.1, 0.15) is 91.2 Å². The first-order valence-electron chi connectivity index (χ1n) is 22.5. The molecule has 2 saturated heterocycles. The van der Waals surface area contributed by atoms with E-state index in [0.29, 0.717) is 13.1 Å². The fourth-order valence-corrected chi connectivity index (χ4v) is 6.38. The number of amides is 6. The molecule has 2 aromatic rings. The molecule has 2 atom stereocenters. The van der Waals surface area contributed by atoms with Crippen molar-refractivity contribution in [2.24, 2.45) is 5.92 Å². The van der Waals surface area contributed by atoms with Crippen molar-refractivity contribution in [1.29, 1.82) is 0 Å². The number of halogens is 2. The maximum absolute atomic E-state index is 13.1. The molecule has 0 radical (unpaired) electrons. The molecule has 2 aliphatic heterocycles. The second kappa shape index (κ2) is 31.4. The van der Waals surface area contributed by atoms with E-state index in [0.717, 1.165) is 30.5 Å². The van der Waals surface area contributed by atoms with Gasteiger partial charge in [-0.15, -0.1) is 24.8 Å². The maximum atomic E-state index is 13.1. The maximum Gasteiger partial charge on any atom is 0.411 e.